The number of hydrogen-bond donors (Lipinski definition) is 2. The predicted molar refractivity (Wildman–Crippen MR) is 121 cm³/mol. The first-order chi connectivity index (χ1) is 14.1. The molecule has 2 rings (SSSR count). The minimum atomic E-state index is -1.87. The minimum Gasteiger partial charge on any atom is -0.411 e. The molecular formula is C23H44O6Si. The number of ether oxygens (including phenoxy) is 3. The largest absolute Gasteiger partial charge is 0.411 e. The highest BCUT2D eigenvalue weighted by Crippen LogP contribution is 2.52. The Bertz CT molecular complexity index is 546. The Labute approximate surface area is 184 Å². The molecule has 0 spiro atoms. The van der Waals surface area contributed by atoms with Crippen molar-refractivity contribution in [2.45, 2.75) is 89.3 Å². The second-order valence-corrected chi connectivity index (χ2v) is 15.2. The van der Waals surface area contributed by atoms with E-state index in [1.54, 1.807) is 7.11 Å². The number of rotatable bonds is 11. The molecule has 5 atom stereocenters. The third-order valence-electron chi connectivity index (χ3n) is 7.35. The first kappa shape index (κ1) is 26.0. The van der Waals surface area contributed by atoms with E-state index in [-0.39, 0.29) is 36.1 Å². The summed E-state index contributed by atoms with van der Waals surface area (Å²) in [7, 11) is -0.218. The van der Waals surface area contributed by atoms with Crippen molar-refractivity contribution >= 4 is 8.32 Å². The van der Waals surface area contributed by atoms with E-state index in [0.717, 1.165) is 25.7 Å². The third kappa shape index (κ3) is 6.37. The Kier molecular flexibility index (Phi) is 9.55. The van der Waals surface area contributed by atoms with Gasteiger partial charge in [0.05, 0.1) is 38.1 Å². The van der Waals surface area contributed by atoms with Crippen molar-refractivity contribution in [3.05, 3.63) is 12.2 Å². The molecule has 2 unspecified atom stereocenters. The van der Waals surface area contributed by atoms with Crippen molar-refractivity contribution in [3.63, 3.8) is 0 Å². The molecule has 0 aliphatic heterocycles. The molecule has 0 aromatic heterocycles. The number of hydrogen-bond acceptors (Lipinski definition) is 6. The zero-order valence-corrected chi connectivity index (χ0v) is 20.9. The Morgan fingerprint density at radius 1 is 1.20 bits per heavy atom. The van der Waals surface area contributed by atoms with Crippen molar-refractivity contribution in [2.75, 3.05) is 33.7 Å². The number of methoxy groups -OCH3 is 1. The van der Waals surface area contributed by atoms with Gasteiger partial charge in [-0.1, -0.05) is 39.3 Å². The third-order valence-corrected chi connectivity index (χ3v) is 11.9. The van der Waals surface area contributed by atoms with Gasteiger partial charge in [-0.25, -0.2) is 0 Å². The molecule has 30 heavy (non-hydrogen) atoms. The van der Waals surface area contributed by atoms with Gasteiger partial charge in [0.15, 0.2) is 8.32 Å². The van der Waals surface area contributed by atoms with Gasteiger partial charge in [0.25, 0.3) is 0 Å². The number of fused-ring (bicyclic) bond motifs is 1. The fourth-order valence-electron chi connectivity index (χ4n) is 4.63. The Morgan fingerprint density at radius 2 is 1.93 bits per heavy atom. The molecule has 176 valence electrons. The molecule has 6 nitrogen and oxygen atoms in total. The summed E-state index contributed by atoms with van der Waals surface area (Å²) in [4.78, 5) is 0. The minimum absolute atomic E-state index is 0.0370. The number of aliphatic hydroxyl groups is 2. The fourth-order valence-corrected chi connectivity index (χ4v) is 5.91. The summed E-state index contributed by atoms with van der Waals surface area (Å²) in [6, 6.07) is 0. The predicted octanol–water partition coefficient (Wildman–Crippen LogP) is 3.87. The molecule has 2 N–H and O–H groups in total. The van der Waals surface area contributed by atoms with Crippen molar-refractivity contribution in [3.8, 4) is 0 Å². The summed E-state index contributed by atoms with van der Waals surface area (Å²) in [5.74, 6) is 0.358. The highest BCUT2D eigenvalue weighted by molar-refractivity contribution is 6.74. The van der Waals surface area contributed by atoms with E-state index in [4.69, 9.17) is 18.6 Å². The molecule has 0 saturated heterocycles. The lowest BCUT2D eigenvalue weighted by molar-refractivity contribution is -0.162. The summed E-state index contributed by atoms with van der Waals surface area (Å²) in [5, 5.41) is 20.1. The van der Waals surface area contributed by atoms with Gasteiger partial charge in [-0.05, 0) is 49.7 Å². The molecule has 1 saturated carbocycles. The van der Waals surface area contributed by atoms with E-state index in [2.05, 4.69) is 46.0 Å². The molecule has 2 aliphatic carbocycles. The first-order valence-corrected chi connectivity index (χ1v) is 14.3. The van der Waals surface area contributed by atoms with Crippen LogP contribution in [-0.2, 0) is 18.6 Å². The highest BCUT2D eigenvalue weighted by atomic mass is 28.4. The topological polar surface area (TPSA) is 77.4 Å². The maximum Gasteiger partial charge on any atom is 0.192 e. The molecule has 2 aliphatic rings. The second-order valence-electron chi connectivity index (χ2n) is 10.5. The Hall–Kier alpha value is -0.283. The van der Waals surface area contributed by atoms with Crippen LogP contribution in [0.4, 0.5) is 0 Å². The SMILES string of the molecule is COCCOCO[C@@H]1CCC[C@@H]2C[C@H](O[Si](C)(C)C(C)(C)C)C=CC21CC(O)CO. The van der Waals surface area contributed by atoms with Crippen molar-refractivity contribution in [2.24, 2.45) is 11.3 Å². The monoisotopic (exact) mass is 444 g/mol. The second kappa shape index (κ2) is 11.0. The molecule has 7 heteroatoms. The van der Waals surface area contributed by atoms with E-state index in [1.165, 1.54) is 0 Å². The Morgan fingerprint density at radius 3 is 2.57 bits per heavy atom. The van der Waals surface area contributed by atoms with Gasteiger partial charge in [0, 0.05) is 12.5 Å². The summed E-state index contributed by atoms with van der Waals surface area (Å²) < 4.78 is 23.4. The molecule has 0 aromatic rings. The van der Waals surface area contributed by atoms with Crippen LogP contribution in [0.5, 0.6) is 0 Å². The zero-order chi connectivity index (χ0) is 22.4. The van der Waals surface area contributed by atoms with Gasteiger partial charge < -0.3 is 28.8 Å². The molecule has 0 aromatic carbocycles. The van der Waals surface area contributed by atoms with Gasteiger partial charge in [0.1, 0.15) is 6.79 Å². The van der Waals surface area contributed by atoms with Gasteiger partial charge in [-0.3, -0.25) is 0 Å². The molecule has 0 heterocycles. The summed E-state index contributed by atoms with van der Waals surface area (Å²) in [6.07, 6.45) is 8.28. The molecule has 0 bridgehead atoms. The van der Waals surface area contributed by atoms with E-state index in [1.807, 2.05) is 0 Å². The van der Waals surface area contributed by atoms with Crippen LogP contribution in [0.2, 0.25) is 18.1 Å². The first-order valence-electron chi connectivity index (χ1n) is 11.4. The quantitative estimate of drug-likeness (QED) is 0.218. The van der Waals surface area contributed by atoms with Crippen LogP contribution in [-0.4, -0.2) is 70.6 Å². The van der Waals surface area contributed by atoms with Crippen LogP contribution in [0.25, 0.3) is 0 Å². The van der Waals surface area contributed by atoms with Crippen LogP contribution in [0.3, 0.4) is 0 Å². The normalized spacial score (nSPS) is 30.9. The van der Waals surface area contributed by atoms with Crippen molar-refractivity contribution in [1.82, 2.24) is 0 Å². The van der Waals surface area contributed by atoms with Gasteiger partial charge >= 0.3 is 0 Å². The fraction of sp³-hybridized carbons (Fsp3) is 0.913. The molecule has 0 amide bonds. The van der Waals surface area contributed by atoms with Gasteiger partial charge in [0.2, 0.25) is 0 Å². The van der Waals surface area contributed by atoms with Gasteiger partial charge in [-0.2, -0.15) is 0 Å². The summed E-state index contributed by atoms with van der Waals surface area (Å²) >= 11 is 0. The van der Waals surface area contributed by atoms with E-state index in [0.29, 0.717) is 25.6 Å². The van der Waals surface area contributed by atoms with Crippen LogP contribution in [0.1, 0.15) is 52.9 Å². The average molecular weight is 445 g/mol. The van der Waals surface area contributed by atoms with E-state index >= 15 is 0 Å². The molecule has 1 fully saturated rings. The summed E-state index contributed by atoms with van der Waals surface area (Å²) in [5.41, 5.74) is -0.293. The summed E-state index contributed by atoms with van der Waals surface area (Å²) in [6.45, 7) is 12.4. The maximum atomic E-state index is 10.4. The molecular weight excluding hydrogens is 400 g/mol. The lowest BCUT2D eigenvalue weighted by Gasteiger charge is -2.52. The van der Waals surface area contributed by atoms with Crippen LogP contribution in [0, 0.1) is 11.3 Å². The molecule has 0 radical (unpaired) electrons. The maximum absolute atomic E-state index is 10.4. The van der Waals surface area contributed by atoms with Crippen molar-refractivity contribution < 1.29 is 28.8 Å². The lowest BCUT2D eigenvalue weighted by atomic mass is 9.58. The van der Waals surface area contributed by atoms with Crippen LogP contribution < -0.4 is 0 Å². The lowest BCUT2D eigenvalue weighted by Crippen LogP contribution is -2.52. The number of aliphatic hydroxyl groups excluding tert-OH is 2. The smallest absolute Gasteiger partial charge is 0.192 e. The van der Waals surface area contributed by atoms with Gasteiger partial charge in [-0.15, -0.1) is 0 Å². The van der Waals surface area contributed by atoms with Crippen LogP contribution in [0.15, 0.2) is 12.2 Å². The zero-order valence-electron chi connectivity index (χ0n) is 19.9. The van der Waals surface area contributed by atoms with Crippen molar-refractivity contribution in [1.29, 1.82) is 0 Å². The Balaban J connectivity index is 2.17. The van der Waals surface area contributed by atoms with E-state index < -0.39 is 14.4 Å². The average Bonchev–Trinajstić information content (AvgIpc) is 2.67. The standard InChI is InChI=1S/C23H44O6Si/c1-22(2,3)30(5,6)29-20-10-11-23(15-19(25)16-24)18(14-20)8-7-9-21(23)28-17-27-13-12-26-4/h10-11,18-21,24-25H,7-9,12-17H2,1-6H3/t18-,19?,20-,21-,23?/m1/s1. The highest BCUT2D eigenvalue weighted by Gasteiger charge is 2.51. The van der Waals surface area contributed by atoms with Crippen LogP contribution >= 0.6 is 0 Å². The van der Waals surface area contributed by atoms with E-state index in [9.17, 15) is 10.2 Å².